The molecule has 1 N–H and O–H groups in total. The molecule has 2 aromatic carbocycles. The van der Waals surface area contributed by atoms with Crippen molar-refractivity contribution in [2.75, 3.05) is 59.9 Å². The predicted octanol–water partition coefficient (Wildman–Crippen LogP) is 2.62. The summed E-state index contributed by atoms with van der Waals surface area (Å²) >= 11 is 0. The van der Waals surface area contributed by atoms with Gasteiger partial charge in [0.15, 0.2) is 11.5 Å². The molecule has 1 saturated heterocycles. The number of rotatable bonds is 8. The van der Waals surface area contributed by atoms with Crippen molar-refractivity contribution in [3.63, 3.8) is 0 Å². The highest BCUT2D eigenvalue weighted by Gasteiger charge is 2.26. The van der Waals surface area contributed by atoms with E-state index in [1.54, 1.807) is 45.4 Å². The number of hydrogen-bond acceptors (Lipinski definition) is 8. The van der Waals surface area contributed by atoms with Crippen molar-refractivity contribution >= 4 is 17.3 Å². The van der Waals surface area contributed by atoms with Gasteiger partial charge < -0.3 is 24.4 Å². The van der Waals surface area contributed by atoms with Gasteiger partial charge in [0.05, 0.1) is 26.3 Å². The summed E-state index contributed by atoms with van der Waals surface area (Å²) in [5.41, 5.74) is 1.53. The number of anilines is 1. The van der Waals surface area contributed by atoms with E-state index in [1.807, 2.05) is 12.1 Å². The highest BCUT2D eigenvalue weighted by atomic mass is 16.6. The first kappa shape index (κ1) is 23.1. The summed E-state index contributed by atoms with van der Waals surface area (Å²) in [4.78, 5) is 27.7. The van der Waals surface area contributed by atoms with Crippen molar-refractivity contribution in [1.82, 2.24) is 9.80 Å². The third kappa shape index (κ3) is 4.70. The third-order valence-corrected chi connectivity index (χ3v) is 5.55. The average Bonchev–Trinajstić information content (AvgIpc) is 2.83. The number of ether oxygens (including phenoxy) is 3. The predicted molar refractivity (Wildman–Crippen MR) is 120 cm³/mol. The number of benzene rings is 2. The fourth-order valence-electron chi connectivity index (χ4n) is 3.85. The SMILES string of the molecule is CNc1ccc(C(=O)N2CCN(Cc3ccc(OC)c(OC)c3OC)CC2)cc1[N+](=O)[O-]. The summed E-state index contributed by atoms with van der Waals surface area (Å²) in [6, 6.07) is 8.29. The number of piperazine rings is 1. The maximum Gasteiger partial charge on any atom is 0.293 e. The Morgan fingerprint density at radius 1 is 1.03 bits per heavy atom. The number of nitro benzene ring substituents is 1. The number of nitrogens with one attached hydrogen (secondary N) is 1. The van der Waals surface area contributed by atoms with Crippen LogP contribution in [0.4, 0.5) is 11.4 Å². The molecule has 0 saturated carbocycles. The van der Waals surface area contributed by atoms with Gasteiger partial charge in [0.25, 0.3) is 11.6 Å². The van der Waals surface area contributed by atoms with Crippen LogP contribution in [0.25, 0.3) is 0 Å². The summed E-state index contributed by atoms with van der Waals surface area (Å²) in [6.45, 7) is 3.01. The quantitative estimate of drug-likeness (QED) is 0.489. The molecular formula is C22H28N4O6. The Kier molecular flexibility index (Phi) is 7.37. The summed E-state index contributed by atoms with van der Waals surface area (Å²) in [5.74, 6) is 1.57. The number of methoxy groups -OCH3 is 3. The number of nitrogens with zero attached hydrogens (tertiary/aromatic N) is 3. The summed E-state index contributed by atoms with van der Waals surface area (Å²) < 4.78 is 16.4. The molecule has 0 spiro atoms. The Balaban J connectivity index is 1.68. The normalized spacial score (nSPS) is 14.1. The van der Waals surface area contributed by atoms with Gasteiger partial charge in [-0.3, -0.25) is 19.8 Å². The standard InChI is InChI=1S/C22H28N4O6/c1-23-17-7-5-15(13-18(17)26(28)29)22(27)25-11-9-24(10-12-25)14-16-6-8-19(30-2)21(32-4)20(16)31-3/h5-8,13,23H,9-12,14H2,1-4H3. The molecule has 1 fully saturated rings. The molecule has 0 aromatic heterocycles. The van der Waals surface area contributed by atoms with Crippen molar-refractivity contribution in [3.05, 3.63) is 51.6 Å². The fraction of sp³-hybridized carbons (Fsp3) is 0.409. The van der Waals surface area contributed by atoms with E-state index in [-0.39, 0.29) is 11.6 Å². The van der Waals surface area contributed by atoms with Crippen LogP contribution < -0.4 is 19.5 Å². The van der Waals surface area contributed by atoms with Crippen LogP contribution in [0.5, 0.6) is 17.2 Å². The number of amides is 1. The maximum atomic E-state index is 12.9. The van der Waals surface area contributed by atoms with Gasteiger partial charge in [0.1, 0.15) is 5.69 Å². The lowest BCUT2D eigenvalue weighted by molar-refractivity contribution is -0.384. The minimum atomic E-state index is -0.489. The molecule has 1 heterocycles. The first-order valence-corrected chi connectivity index (χ1v) is 10.2. The van der Waals surface area contributed by atoms with Crippen molar-refractivity contribution in [1.29, 1.82) is 0 Å². The van der Waals surface area contributed by atoms with Gasteiger partial charge in [-0.1, -0.05) is 6.07 Å². The molecule has 3 rings (SSSR count). The molecule has 0 unspecified atom stereocenters. The molecule has 0 radical (unpaired) electrons. The number of hydrogen-bond donors (Lipinski definition) is 1. The number of carbonyl (C=O) groups excluding carboxylic acids is 1. The van der Waals surface area contributed by atoms with Crippen LogP contribution in [-0.2, 0) is 6.54 Å². The minimum Gasteiger partial charge on any atom is -0.493 e. The second-order valence-electron chi connectivity index (χ2n) is 7.30. The second kappa shape index (κ2) is 10.2. The van der Waals surface area contributed by atoms with Crippen LogP contribution >= 0.6 is 0 Å². The van der Waals surface area contributed by atoms with E-state index < -0.39 is 4.92 Å². The van der Waals surface area contributed by atoms with E-state index in [0.717, 1.165) is 5.56 Å². The average molecular weight is 444 g/mol. The van der Waals surface area contributed by atoms with Crippen molar-refractivity contribution in [2.24, 2.45) is 0 Å². The lowest BCUT2D eigenvalue weighted by Crippen LogP contribution is -2.48. The summed E-state index contributed by atoms with van der Waals surface area (Å²) in [7, 11) is 6.35. The van der Waals surface area contributed by atoms with Gasteiger partial charge in [-0.2, -0.15) is 0 Å². The van der Waals surface area contributed by atoms with Gasteiger partial charge in [-0.15, -0.1) is 0 Å². The summed E-state index contributed by atoms with van der Waals surface area (Å²) in [5, 5.41) is 14.1. The monoisotopic (exact) mass is 444 g/mol. The highest BCUT2D eigenvalue weighted by molar-refractivity contribution is 5.95. The van der Waals surface area contributed by atoms with Crippen LogP contribution in [0.1, 0.15) is 15.9 Å². The van der Waals surface area contributed by atoms with Crippen molar-refractivity contribution < 1.29 is 23.9 Å². The molecule has 0 atom stereocenters. The largest absolute Gasteiger partial charge is 0.493 e. The molecule has 1 aliphatic rings. The minimum absolute atomic E-state index is 0.113. The van der Waals surface area contributed by atoms with Crippen molar-refractivity contribution in [2.45, 2.75) is 6.54 Å². The summed E-state index contributed by atoms with van der Waals surface area (Å²) in [6.07, 6.45) is 0. The van der Waals surface area contributed by atoms with E-state index in [1.165, 1.54) is 6.07 Å². The van der Waals surface area contributed by atoms with Crippen molar-refractivity contribution in [3.8, 4) is 17.2 Å². The Labute approximate surface area is 186 Å². The highest BCUT2D eigenvalue weighted by Crippen LogP contribution is 2.40. The van der Waals surface area contributed by atoms with Gasteiger partial charge in [0, 0.05) is 57.0 Å². The van der Waals surface area contributed by atoms with Gasteiger partial charge >= 0.3 is 0 Å². The number of carbonyl (C=O) groups is 1. The van der Waals surface area contributed by atoms with E-state index in [4.69, 9.17) is 14.2 Å². The molecule has 1 amide bonds. The molecule has 32 heavy (non-hydrogen) atoms. The molecule has 1 aliphatic heterocycles. The lowest BCUT2D eigenvalue weighted by Gasteiger charge is -2.35. The van der Waals surface area contributed by atoms with Crippen LogP contribution in [0.2, 0.25) is 0 Å². The Morgan fingerprint density at radius 2 is 1.72 bits per heavy atom. The third-order valence-electron chi connectivity index (χ3n) is 5.55. The van der Waals surface area contributed by atoms with Crippen LogP contribution in [0.15, 0.2) is 30.3 Å². The topological polar surface area (TPSA) is 106 Å². The van der Waals surface area contributed by atoms with E-state index in [2.05, 4.69) is 10.2 Å². The lowest BCUT2D eigenvalue weighted by atomic mass is 10.1. The van der Waals surface area contributed by atoms with Crippen LogP contribution in [0.3, 0.4) is 0 Å². The van der Waals surface area contributed by atoms with Gasteiger partial charge in [0.2, 0.25) is 5.75 Å². The first-order valence-electron chi connectivity index (χ1n) is 10.2. The van der Waals surface area contributed by atoms with Gasteiger partial charge in [-0.25, -0.2) is 0 Å². The Morgan fingerprint density at radius 3 is 2.28 bits per heavy atom. The zero-order valence-corrected chi connectivity index (χ0v) is 18.7. The van der Waals surface area contributed by atoms with E-state index in [9.17, 15) is 14.9 Å². The molecule has 0 aliphatic carbocycles. The van der Waals surface area contributed by atoms with E-state index >= 15 is 0 Å². The first-order chi connectivity index (χ1) is 15.4. The van der Waals surface area contributed by atoms with Crippen LogP contribution in [0, 0.1) is 10.1 Å². The smallest absolute Gasteiger partial charge is 0.293 e. The zero-order chi connectivity index (χ0) is 23.3. The molecular weight excluding hydrogens is 416 g/mol. The Hall–Kier alpha value is -3.53. The molecule has 10 nitrogen and oxygen atoms in total. The molecule has 172 valence electrons. The Bertz CT molecular complexity index is 989. The van der Waals surface area contributed by atoms with Gasteiger partial charge in [-0.05, 0) is 18.2 Å². The van der Waals surface area contributed by atoms with E-state index in [0.29, 0.717) is 61.2 Å². The maximum absolute atomic E-state index is 12.9. The molecule has 2 aromatic rings. The number of nitro groups is 1. The second-order valence-corrected chi connectivity index (χ2v) is 7.30. The molecule has 10 heteroatoms. The van der Waals surface area contributed by atoms with Crippen LogP contribution in [-0.4, -0.2) is 75.2 Å². The molecule has 0 bridgehead atoms. The fourth-order valence-corrected chi connectivity index (χ4v) is 3.85. The zero-order valence-electron chi connectivity index (χ0n) is 18.7.